The molecule has 1 aromatic carbocycles. The molecule has 0 amide bonds. The molecule has 0 aliphatic carbocycles. The first-order chi connectivity index (χ1) is 8.17. The SMILES string of the molecule is CCNCc1ccc(SC(C)CCO)cc1Br. The van der Waals surface area contributed by atoms with E-state index in [1.807, 2.05) is 0 Å². The molecule has 96 valence electrons. The second kappa shape index (κ2) is 8.14. The molecule has 0 radical (unpaired) electrons. The van der Waals surface area contributed by atoms with Gasteiger partial charge in [-0.05, 0) is 30.7 Å². The summed E-state index contributed by atoms with van der Waals surface area (Å²) in [7, 11) is 0. The maximum Gasteiger partial charge on any atom is 0.0441 e. The van der Waals surface area contributed by atoms with Crippen LogP contribution in [-0.4, -0.2) is 23.5 Å². The first kappa shape index (κ1) is 15.0. The summed E-state index contributed by atoms with van der Waals surface area (Å²) in [6, 6.07) is 6.46. The van der Waals surface area contributed by atoms with Gasteiger partial charge in [-0.15, -0.1) is 11.8 Å². The molecule has 0 heterocycles. The number of nitrogens with one attached hydrogen (secondary N) is 1. The average Bonchev–Trinajstić information content (AvgIpc) is 2.28. The lowest BCUT2D eigenvalue weighted by Gasteiger charge is -2.11. The highest BCUT2D eigenvalue weighted by Crippen LogP contribution is 2.29. The molecule has 2 N–H and O–H groups in total. The molecule has 0 aliphatic rings. The van der Waals surface area contributed by atoms with Crippen LogP contribution in [0.3, 0.4) is 0 Å². The Morgan fingerprint density at radius 2 is 2.24 bits per heavy atom. The van der Waals surface area contributed by atoms with Gasteiger partial charge in [0.25, 0.3) is 0 Å². The van der Waals surface area contributed by atoms with Gasteiger partial charge in [-0.3, -0.25) is 0 Å². The molecule has 2 nitrogen and oxygen atoms in total. The van der Waals surface area contributed by atoms with Crippen LogP contribution < -0.4 is 5.32 Å². The summed E-state index contributed by atoms with van der Waals surface area (Å²) in [4.78, 5) is 1.25. The van der Waals surface area contributed by atoms with E-state index in [9.17, 15) is 0 Å². The lowest BCUT2D eigenvalue weighted by Crippen LogP contribution is -2.12. The van der Waals surface area contributed by atoms with Crippen LogP contribution in [0, 0.1) is 0 Å². The van der Waals surface area contributed by atoms with Gasteiger partial charge < -0.3 is 10.4 Å². The molecule has 0 spiro atoms. The summed E-state index contributed by atoms with van der Waals surface area (Å²) < 4.78 is 1.15. The Hall–Kier alpha value is -0.0300. The van der Waals surface area contributed by atoms with Gasteiger partial charge >= 0.3 is 0 Å². The molecular formula is C13H20BrNOS. The molecule has 4 heteroatoms. The van der Waals surface area contributed by atoms with Crippen molar-refractivity contribution in [3.8, 4) is 0 Å². The van der Waals surface area contributed by atoms with Crippen LogP contribution >= 0.6 is 27.7 Å². The molecule has 0 aliphatic heterocycles. The predicted octanol–water partition coefficient (Wildman–Crippen LogP) is 3.42. The van der Waals surface area contributed by atoms with Gasteiger partial charge in [0.15, 0.2) is 0 Å². The van der Waals surface area contributed by atoms with E-state index in [4.69, 9.17) is 5.11 Å². The zero-order valence-corrected chi connectivity index (χ0v) is 12.8. The molecule has 0 bridgehead atoms. The van der Waals surface area contributed by atoms with Crippen molar-refractivity contribution in [3.63, 3.8) is 0 Å². The monoisotopic (exact) mass is 317 g/mol. The third-order valence-corrected chi connectivity index (χ3v) is 4.37. The Labute approximate surface area is 116 Å². The lowest BCUT2D eigenvalue weighted by molar-refractivity contribution is 0.289. The average molecular weight is 318 g/mol. The quantitative estimate of drug-likeness (QED) is 0.756. The summed E-state index contributed by atoms with van der Waals surface area (Å²) >= 11 is 5.41. The van der Waals surface area contributed by atoms with Crippen molar-refractivity contribution < 1.29 is 5.11 Å². The normalized spacial score (nSPS) is 12.7. The third kappa shape index (κ3) is 5.42. The van der Waals surface area contributed by atoms with Crippen LogP contribution in [-0.2, 0) is 6.54 Å². The summed E-state index contributed by atoms with van der Waals surface area (Å²) in [6.45, 7) is 6.38. The van der Waals surface area contributed by atoms with Gasteiger partial charge in [0.2, 0.25) is 0 Å². The first-order valence-corrected chi connectivity index (χ1v) is 7.61. The zero-order chi connectivity index (χ0) is 12.7. The van der Waals surface area contributed by atoms with Crippen LogP contribution in [0.1, 0.15) is 25.8 Å². The second-order valence-electron chi connectivity index (χ2n) is 3.97. The van der Waals surface area contributed by atoms with Crippen molar-refractivity contribution in [1.82, 2.24) is 5.32 Å². The largest absolute Gasteiger partial charge is 0.396 e. The number of hydrogen-bond donors (Lipinski definition) is 2. The minimum absolute atomic E-state index is 0.258. The van der Waals surface area contributed by atoms with Crippen molar-refractivity contribution in [2.45, 2.75) is 37.0 Å². The highest BCUT2D eigenvalue weighted by Gasteiger charge is 2.06. The molecule has 0 fully saturated rings. The predicted molar refractivity (Wildman–Crippen MR) is 78.5 cm³/mol. The lowest BCUT2D eigenvalue weighted by atomic mass is 10.2. The van der Waals surface area contributed by atoms with Gasteiger partial charge in [-0.1, -0.05) is 35.8 Å². The molecule has 0 saturated heterocycles. The molecule has 17 heavy (non-hydrogen) atoms. The minimum atomic E-state index is 0.258. The number of hydrogen-bond acceptors (Lipinski definition) is 3. The van der Waals surface area contributed by atoms with Crippen molar-refractivity contribution in [2.24, 2.45) is 0 Å². The number of thioether (sulfide) groups is 1. The van der Waals surface area contributed by atoms with Gasteiger partial charge in [-0.25, -0.2) is 0 Å². The second-order valence-corrected chi connectivity index (χ2v) is 6.34. The Kier molecular flexibility index (Phi) is 7.19. The smallest absolute Gasteiger partial charge is 0.0441 e. The Bertz CT molecular complexity index is 346. The third-order valence-electron chi connectivity index (χ3n) is 2.46. The topological polar surface area (TPSA) is 32.3 Å². The van der Waals surface area contributed by atoms with Gasteiger partial charge in [0, 0.05) is 27.8 Å². The van der Waals surface area contributed by atoms with Gasteiger partial charge in [0.05, 0.1) is 0 Å². The van der Waals surface area contributed by atoms with E-state index in [1.165, 1.54) is 10.5 Å². The number of halogens is 1. The van der Waals surface area contributed by atoms with Crippen molar-refractivity contribution in [2.75, 3.05) is 13.2 Å². The van der Waals surface area contributed by atoms with E-state index in [2.05, 4.69) is 53.3 Å². The molecule has 1 unspecified atom stereocenters. The zero-order valence-electron chi connectivity index (χ0n) is 10.4. The molecule has 0 aromatic heterocycles. The fraction of sp³-hybridized carbons (Fsp3) is 0.538. The van der Waals surface area contributed by atoms with Gasteiger partial charge in [-0.2, -0.15) is 0 Å². The van der Waals surface area contributed by atoms with Crippen molar-refractivity contribution in [1.29, 1.82) is 0 Å². The number of rotatable bonds is 7. The number of benzene rings is 1. The summed E-state index contributed by atoms with van der Waals surface area (Å²) in [5.41, 5.74) is 1.28. The highest BCUT2D eigenvalue weighted by atomic mass is 79.9. The number of aliphatic hydroxyl groups excluding tert-OH is 1. The van der Waals surface area contributed by atoms with Crippen LogP contribution in [0.4, 0.5) is 0 Å². The summed E-state index contributed by atoms with van der Waals surface area (Å²) in [5, 5.41) is 12.6. The van der Waals surface area contributed by atoms with Crippen molar-refractivity contribution in [3.05, 3.63) is 28.2 Å². The maximum absolute atomic E-state index is 8.88. The van der Waals surface area contributed by atoms with E-state index in [0.717, 1.165) is 24.0 Å². The van der Waals surface area contributed by atoms with Crippen LogP contribution in [0.25, 0.3) is 0 Å². The fourth-order valence-corrected chi connectivity index (χ4v) is 3.17. The van der Waals surface area contributed by atoms with E-state index >= 15 is 0 Å². The maximum atomic E-state index is 8.88. The van der Waals surface area contributed by atoms with E-state index in [0.29, 0.717) is 5.25 Å². The molecule has 1 aromatic rings. The molecule has 0 saturated carbocycles. The van der Waals surface area contributed by atoms with Gasteiger partial charge in [0.1, 0.15) is 0 Å². The molecular weight excluding hydrogens is 298 g/mol. The van der Waals surface area contributed by atoms with Crippen molar-refractivity contribution >= 4 is 27.7 Å². The van der Waals surface area contributed by atoms with Crippen LogP contribution in [0.15, 0.2) is 27.6 Å². The number of aliphatic hydroxyl groups is 1. The Morgan fingerprint density at radius 3 is 2.82 bits per heavy atom. The minimum Gasteiger partial charge on any atom is -0.396 e. The van der Waals surface area contributed by atoms with E-state index in [-0.39, 0.29) is 6.61 Å². The first-order valence-electron chi connectivity index (χ1n) is 5.94. The summed E-state index contributed by atoms with van der Waals surface area (Å²) in [5.74, 6) is 0. The van der Waals surface area contributed by atoms with E-state index in [1.54, 1.807) is 11.8 Å². The molecule has 1 atom stereocenters. The standard InChI is InChI=1S/C13H20BrNOS/c1-3-15-9-11-4-5-12(8-13(11)14)17-10(2)6-7-16/h4-5,8,10,15-16H,3,6-7,9H2,1-2H3. The Balaban J connectivity index is 2.61. The highest BCUT2D eigenvalue weighted by molar-refractivity contribution is 9.10. The summed E-state index contributed by atoms with van der Waals surface area (Å²) in [6.07, 6.45) is 0.835. The Morgan fingerprint density at radius 1 is 1.47 bits per heavy atom. The van der Waals surface area contributed by atoms with E-state index < -0.39 is 0 Å². The van der Waals surface area contributed by atoms with Crippen LogP contribution in [0.2, 0.25) is 0 Å². The fourth-order valence-electron chi connectivity index (χ4n) is 1.48. The molecule has 1 rings (SSSR count). The van der Waals surface area contributed by atoms with Crippen LogP contribution in [0.5, 0.6) is 0 Å².